The summed E-state index contributed by atoms with van der Waals surface area (Å²) in [4.78, 5) is 48.7. The van der Waals surface area contributed by atoms with E-state index in [0.717, 1.165) is 22.3 Å². The second kappa shape index (κ2) is 12.8. The molecule has 0 bridgehead atoms. The molecule has 1 aliphatic carbocycles. The molecular formula is C30H37NO9. The van der Waals surface area contributed by atoms with Gasteiger partial charge < -0.3 is 29.7 Å². The third-order valence-electron chi connectivity index (χ3n) is 7.58. The minimum absolute atomic E-state index is 0.0249. The van der Waals surface area contributed by atoms with Crippen LogP contribution in [0.15, 0.2) is 29.1 Å². The Morgan fingerprint density at radius 3 is 2.25 bits per heavy atom. The molecule has 0 unspecified atom stereocenters. The second-order valence-corrected chi connectivity index (χ2v) is 10.2. The minimum atomic E-state index is -1.85. The van der Waals surface area contributed by atoms with Gasteiger partial charge in [0, 0.05) is 12.0 Å². The Morgan fingerprint density at radius 1 is 0.975 bits per heavy atom. The molecule has 0 fully saturated rings. The zero-order valence-electron chi connectivity index (χ0n) is 23.6. The molecule has 10 heteroatoms. The molecule has 10 nitrogen and oxygen atoms in total. The van der Waals surface area contributed by atoms with Crippen molar-refractivity contribution in [2.45, 2.75) is 64.8 Å². The lowest BCUT2D eigenvalue weighted by Crippen LogP contribution is -2.36. The number of rotatable bonds is 12. The smallest absolute Gasteiger partial charge is 0.320 e. The van der Waals surface area contributed by atoms with Gasteiger partial charge in [-0.05, 0) is 73.9 Å². The number of hydrogen-bond donors (Lipinski definition) is 3. The first-order valence-electron chi connectivity index (χ1n) is 13.2. The van der Waals surface area contributed by atoms with Crippen LogP contribution in [0.1, 0.15) is 68.2 Å². The predicted molar refractivity (Wildman–Crippen MR) is 148 cm³/mol. The maximum Gasteiger partial charge on any atom is 0.320 e. The van der Waals surface area contributed by atoms with Crippen LogP contribution in [0.2, 0.25) is 0 Å². The van der Waals surface area contributed by atoms with Gasteiger partial charge in [0.15, 0.2) is 22.7 Å². The number of carbonyl (C=O) groups excluding carboxylic acids is 1. The molecule has 0 aliphatic heterocycles. The van der Waals surface area contributed by atoms with E-state index in [4.69, 9.17) is 14.2 Å². The van der Waals surface area contributed by atoms with Crippen molar-refractivity contribution in [2.75, 3.05) is 21.3 Å². The molecule has 1 amide bonds. The Kier molecular flexibility index (Phi) is 9.78. The molecule has 2 aromatic carbocycles. The average molecular weight is 556 g/mol. The number of benzene rings is 1. The number of carboxylic acids is 2. The molecular weight excluding hydrogens is 518 g/mol. The molecule has 216 valence electrons. The van der Waals surface area contributed by atoms with E-state index >= 15 is 0 Å². The van der Waals surface area contributed by atoms with Crippen LogP contribution in [0.25, 0.3) is 11.1 Å². The second-order valence-electron chi connectivity index (χ2n) is 10.2. The van der Waals surface area contributed by atoms with Gasteiger partial charge in [0.2, 0.25) is 11.3 Å². The summed E-state index contributed by atoms with van der Waals surface area (Å²) >= 11 is 0. The predicted octanol–water partition coefficient (Wildman–Crippen LogP) is 4.28. The summed E-state index contributed by atoms with van der Waals surface area (Å²) in [5.41, 5.74) is 1.92. The van der Waals surface area contributed by atoms with Gasteiger partial charge in [-0.3, -0.25) is 19.2 Å². The number of nitrogens with one attached hydrogen (secondary N) is 1. The third kappa shape index (κ3) is 6.21. The molecule has 3 rings (SSSR count). The van der Waals surface area contributed by atoms with E-state index in [-0.39, 0.29) is 29.9 Å². The number of aliphatic carboxylic acids is 2. The monoisotopic (exact) mass is 555 g/mol. The molecule has 0 spiro atoms. The normalized spacial score (nSPS) is 14.3. The van der Waals surface area contributed by atoms with Gasteiger partial charge >= 0.3 is 11.9 Å². The molecule has 0 radical (unpaired) electrons. The highest BCUT2D eigenvalue weighted by Gasteiger charge is 2.40. The number of hydrogen-bond acceptors (Lipinski definition) is 7. The largest absolute Gasteiger partial charge is 0.493 e. The van der Waals surface area contributed by atoms with Crippen LogP contribution < -0.4 is 25.0 Å². The van der Waals surface area contributed by atoms with Gasteiger partial charge in [-0.15, -0.1) is 0 Å². The van der Waals surface area contributed by atoms with Crippen LogP contribution in [-0.2, 0) is 20.8 Å². The van der Waals surface area contributed by atoms with Gasteiger partial charge in [-0.25, -0.2) is 0 Å². The topological polar surface area (TPSA) is 148 Å². The average Bonchev–Trinajstić information content (AvgIpc) is 3.15. The fraction of sp³-hybridized carbons (Fsp3) is 0.467. The number of aryl methyl sites for hydroxylation is 2. The van der Waals surface area contributed by atoms with Gasteiger partial charge in [-0.2, -0.15) is 0 Å². The standard InChI is InChI=1S/C30H37NO9/c1-17-15-18-10-12-21(31-24(33)9-7-6-8-14-30(2,28(34)35)29(36)37)20-16-22(32)23(38-3)13-11-19(20)25(18)27(40-5)26(17)39-4/h11,13,15-16,21H,6-10,12,14H2,1-5H3,(H,31,33)(H,34,35)(H,36,37)/t21-/m0/s1. The third-order valence-corrected chi connectivity index (χ3v) is 7.58. The van der Waals surface area contributed by atoms with Gasteiger partial charge in [-0.1, -0.05) is 25.0 Å². The lowest BCUT2D eigenvalue weighted by atomic mass is 9.85. The van der Waals surface area contributed by atoms with Crippen LogP contribution in [0.5, 0.6) is 17.2 Å². The number of fused-ring (bicyclic) bond motifs is 3. The van der Waals surface area contributed by atoms with E-state index in [0.29, 0.717) is 49.2 Å². The fourth-order valence-corrected chi connectivity index (χ4v) is 5.21. The maximum atomic E-state index is 13.0. The highest BCUT2D eigenvalue weighted by Crippen LogP contribution is 2.47. The molecule has 2 aromatic rings. The van der Waals surface area contributed by atoms with Crippen LogP contribution in [-0.4, -0.2) is 49.4 Å². The molecule has 40 heavy (non-hydrogen) atoms. The molecule has 0 heterocycles. The van der Waals surface area contributed by atoms with Crippen molar-refractivity contribution in [1.29, 1.82) is 0 Å². The van der Waals surface area contributed by atoms with Crippen molar-refractivity contribution in [3.8, 4) is 28.4 Å². The highest BCUT2D eigenvalue weighted by molar-refractivity contribution is 5.97. The van der Waals surface area contributed by atoms with E-state index in [1.807, 2.05) is 13.0 Å². The lowest BCUT2D eigenvalue weighted by Gasteiger charge is -2.20. The van der Waals surface area contributed by atoms with Gasteiger partial charge in [0.1, 0.15) is 0 Å². The zero-order chi connectivity index (χ0) is 29.6. The lowest BCUT2D eigenvalue weighted by molar-refractivity contribution is -0.163. The quantitative estimate of drug-likeness (QED) is 0.258. The van der Waals surface area contributed by atoms with Crippen molar-refractivity contribution in [3.05, 3.63) is 51.2 Å². The van der Waals surface area contributed by atoms with Crippen molar-refractivity contribution < 1.29 is 38.8 Å². The van der Waals surface area contributed by atoms with Crippen LogP contribution in [0, 0.1) is 12.3 Å². The van der Waals surface area contributed by atoms with E-state index in [1.165, 1.54) is 20.1 Å². The minimum Gasteiger partial charge on any atom is -0.493 e. The molecule has 0 saturated heterocycles. The van der Waals surface area contributed by atoms with E-state index in [1.54, 1.807) is 26.4 Å². The number of carbonyl (C=O) groups is 3. The fourth-order valence-electron chi connectivity index (χ4n) is 5.21. The van der Waals surface area contributed by atoms with Crippen molar-refractivity contribution in [3.63, 3.8) is 0 Å². The summed E-state index contributed by atoms with van der Waals surface area (Å²) in [7, 11) is 4.57. The Balaban J connectivity index is 1.86. The first-order valence-corrected chi connectivity index (χ1v) is 13.2. The molecule has 0 saturated carbocycles. The van der Waals surface area contributed by atoms with Crippen LogP contribution in [0.4, 0.5) is 0 Å². The first-order chi connectivity index (χ1) is 19.0. The number of ether oxygens (including phenoxy) is 3. The van der Waals surface area contributed by atoms with E-state index < -0.39 is 23.4 Å². The molecule has 0 aromatic heterocycles. The maximum absolute atomic E-state index is 13.0. The van der Waals surface area contributed by atoms with Gasteiger partial charge in [0.25, 0.3) is 0 Å². The Morgan fingerprint density at radius 2 is 1.65 bits per heavy atom. The zero-order valence-corrected chi connectivity index (χ0v) is 23.6. The first kappa shape index (κ1) is 30.5. The summed E-state index contributed by atoms with van der Waals surface area (Å²) in [5, 5.41) is 21.6. The number of carboxylic acid groups (broad SMARTS) is 2. The Hall–Kier alpha value is -4.08. The summed E-state index contributed by atoms with van der Waals surface area (Å²) in [6.07, 6.45) is 2.65. The van der Waals surface area contributed by atoms with E-state index in [9.17, 15) is 29.4 Å². The molecule has 1 aliphatic rings. The summed E-state index contributed by atoms with van der Waals surface area (Å²) in [5.74, 6) is -1.65. The molecule has 1 atom stereocenters. The Labute approximate surface area is 233 Å². The molecule has 3 N–H and O–H groups in total. The summed E-state index contributed by atoms with van der Waals surface area (Å²) < 4.78 is 16.7. The SMILES string of the molecule is COc1c(C)cc2c(c1OC)-c1ccc(OC)c(=O)cc1[C@@H](NC(=O)CCCCCC(C)(C(=O)O)C(=O)O)CC2. The summed E-state index contributed by atoms with van der Waals surface area (Å²) in [6.45, 7) is 3.13. The summed E-state index contributed by atoms with van der Waals surface area (Å²) in [6, 6.07) is 6.49. The Bertz CT molecular complexity index is 1340. The van der Waals surface area contributed by atoms with Crippen molar-refractivity contribution in [1.82, 2.24) is 5.32 Å². The van der Waals surface area contributed by atoms with Gasteiger partial charge in [0.05, 0.1) is 27.4 Å². The number of amides is 1. The van der Waals surface area contributed by atoms with Crippen LogP contribution >= 0.6 is 0 Å². The van der Waals surface area contributed by atoms with Crippen LogP contribution in [0.3, 0.4) is 0 Å². The number of unbranched alkanes of at least 4 members (excludes halogenated alkanes) is 2. The van der Waals surface area contributed by atoms with Crippen molar-refractivity contribution in [2.24, 2.45) is 5.41 Å². The van der Waals surface area contributed by atoms with E-state index in [2.05, 4.69) is 5.32 Å². The van der Waals surface area contributed by atoms with Crippen molar-refractivity contribution >= 4 is 17.8 Å². The number of methoxy groups -OCH3 is 3. The highest BCUT2D eigenvalue weighted by atomic mass is 16.5.